The molecular formula is C30H38FN9O3S. The standard InChI is InChI=1S/C30H38FN9O3S/c1-28(41)8-3-4-11-39(16-28)26-35-23(36-27(37-26)42-17-30-10-6-12-40(30)15-18(31)13-30)24-34-25(43-38-24)29(2)9-5-7-20-21(29)19(14-32)22(33)44-20/h18,41H,3-13,15-17,33H2,1-2H3/t18-,28-,29+,30+/m1/s1. The summed E-state index contributed by atoms with van der Waals surface area (Å²) in [5.41, 5.74) is 5.59. The van der Waals surface area contributed by atoms with Gasteiger partial charge in [-0.2, -0.15) is 25.2 Å². The van der Waals surface area contributed by atoms with Crippen LogP contribution >= 0.6 is 11.3 Å². The van der Waals surface area contributed by atoms with Gasteiger partial charge in [-0.05, 0) is 71.8 Å². The summed E-state index contributed by atoms with van der Waals surface area (Å²) in [6.45, 7) is 6.40. The van der Waals surface area contributed by atoms with Gasteiger partial charge < -0.3 is 25.0 Å². The van der Waals surface area contributed by atoms with Crippen molar-refractivity contribution in [2.75, 3.05) is 43.4 Å². The molecule has 0 spiro atoms. The highest BCUT2D eigenvalue weighted by Gasteiger charge is 2.49. The van der Waals surface area contributed by atoms with E-state index in [-0.39, 0.29) is 29.8 Å². The highest BCUT2D eigenvalue weighted by Crippen LogP contribution is 2.48. The summed E-state index contributed by atoms with van der Waals surface area (Å²) in [4.78, 5) is 24.0. The predicted octanol–water partition coefficient (Wildman–Crippen LogP) is 3.78. The molecule has 0 aromatic carbocycles. The van der Waals surface area contributed by atoms with Crippen LogP contribution in [0.15, 0.2) is 4.52 Å². The molecule has 0 unspecified atom stereocenters. The zero-order valence-electron chi connectivity index (χ0n) is 25.2. The second kappa shape index (κ2) is 10.9. The maximum absolute atomic E-state index is 14.4. The van der Waals surface area contributed by atoms with Gasteiger partial charge in [0, 0.05) is 36.5 Å². The number of aromatic nitrogens is 5. The molecule has 7 rings (SSSR count). The van der Waals surface area contributed by atoms with Crippen molar-refractivity contribution < 1.29 is 18.8 Å². The SMILES string of the molecule is C[C@@]1(O)CCCCN(c2nc(OC[C@@]34CCCN3C[C@H](F)C4)nc(-c3noc([C@@]4(C)CCCc5sc(N)c(C#N)c54)n3)n2)C1. The number of rotatable bonds is 6. The first-order valence-corrected chi connectivity index (χ1v) is 16.3. The lowest BCUT2D eigenvalue weighted by molar-refractivity contribution is 0.0609. The van der Waals surface area contributed by atoms with Crippen molar-refractivity contribution in [3.8, 4) is 23.7 Å². The predicted molar refractivity (Wildman–Crippen MR) is 161 cm³/mol. The van der Waals surface area contributed by atoms with Crippen LogP contribution in [-0.2, 0) is 11.8 Å². The largest absolute Gasteiger partial charge is 0.461 e. The number of halogens is 1. The fourth-order valence-electron chi connectivity index (χ4n) is 7.70. The fraction of sp³-hybridized carbons (Fsp3) is 0.667. The molecule has 1 aliphatic carbocycles. The maximum atomic E-state index is 14.4. The van der Waals surface area contributed by atoms with Crippen LogP contribution in [0.25, 0.3) is 11.6 Å². The minimum absolute atomic E-state index is 0.104. The maximum Gasteiger partial charge on any atom is 0.321 e. The van der Waals surface area contributed by atoms with Gasteiger partial charge in [0.15, 0.2) is 0 Å². The number of anilines is 2. The molecule has 44 heavy (non-hydrogen) atoms. The quantitative estimate of drug-likeness (QED) is 0.409. The Morgan fingerprint density at radius 1 is 1.11 bits per heavy atom. The highest BCUT2D eigenvalue weighted by molar-refractivity contribution is 7.16. The molecule has 3 saturated heterocycles. The lowest BCUT2D eigenvalue weighted by Gasteiger charge is -2.31. The molecule has 12 nitrogen and oxygen atoms in total. The molecule has 3 aliphatic heterocycles. The number of fused-ring (bicyclic) bond motifs is 2. The van der Waals surface area contributed by atoms with Gasteiger partial charge >= 0.3 is 6.01 Å². The Bertz CT molecular complexity index is 1600. The van der Waals surface area contributed by atoms with Gasteiger partial charge in [-0.25, -0.2) is 4.39 Å². The summed E-state index contributed by atoms with van der Waals surface area (Å²) in [6.07, 6.45) is 6.33. The first-order valence-electron chi connectivity index (χ1n) is 15.5. The zero-order chi connectivity index (χ0) is 30.7. The van der Waals surface area contributed by atoms with E-state index in [9.17, 15) is 14.8 Å². The number of hydrogen-bond donors (Lipinski definition) is 2. The summed E-state index contributed by atoms with van der Waals surface area (Å²) in [5.74, 6) is 1.09. The van der Waals surface area contributed by atoms with E-state index in [2.05, 4.69) is 26.1 Å². The van der Waals surface area contributed by atoms with Crippen molar-refractivity contribution in [2.24, 2.45) is 0 Å². The summed E-state index contributed by atoms with van der Waals surface area (Å²) in [5, 5.41) is 25.6. The van der Waals surface area contributed by atoms with Crippen molar-refractivity contribution in [3.63, 3.8) is 0 Å². The van der Waals surface area contributed by atoms with Gasteiger partial charge in [-0.3, -0.25) is 4.90 Å². The Kier molecular flexibility index (Phi) is 7.25. The molecule has 6 heterocycles. The third-order valence-corrected chi connectivity index (χ3v) is 11.0. The number of hydrogen-bond acceptors (Lipinski definition) is 13. The average Bonchev–Trinajstić information content (AvgIpc) is 3.73. The first kappa shape index (κ1) is 29.3. The minimum atomic E-state index is -0.902. The number of thiophene rings is 1. The number of aliphatic hydroxyl groups is 1. The summed E-state index contributed by atoms with van der Waals surface area (Å²) in [6, 6.07) is 2.38. The van der Waals surface area contributed by atoms with E-state index in [1.807, 2.05) is 18.7 Å². The van der Waals surface area contributed by atoms with E-state index in [0.717, 1.165) is 61.9 Å². The number of nitrogens with two attached hydrogens (primary N) is 1. The number of aryl methyl sites for hydroxylation is 1. The molecule has 4 atom stereocenters. The number of alkyl halides is 1. The van der Waals surface area contributed by atoms with E-state index in [1.54, 1.807) is 0 Å². The van der Waals surface area contributed by atoms with Crippen molar-refractivity contribution >= 4 is 22.3 Å². The second-order valence-corrected chi connectivity index (χ2v) is 14.5. The van der Waals surface area contributed by atoms with E-state index >= 15 is 0 Å². The average molecular weight is 624 g/mol. The molecule has 3 N–H and O–H groups in total. The molecule has 234 valence electrons. The Morgan fingerprint density at radius 3 is 2.82 bits per heavy atom. The minimum Gasteiger partial charge on any atom is -0.461 e. The second-order valence-electron chi connectivity index (χ2n) is 13.3. The number of nitrogen functional groups attached to an aromatic ring is 1. The summed E-state index contributed by atoms with van der Waals surface area (Å²) >= 11 is 1.45. The Morgan fingerprint density at radius 2 is 1.98 bits per heavy atom. The smallest absolute Gasteiger partial charge is 0.321 e. The monoisotopic (exact) mass is 623 g/mol. The molecule has 0 amide bonds. The summed E-state index contributed by atoms with van der Waals surface area (Å²) < 4.78 is 26.5. The van der Waals surface area contributed by atoms with Crippen LogP contribution in [0.4, 0.5) is 15.3 Å². The van der Waals surface area contributed by atoms with E-state index in [0.29, 0.717) is 54.9 Å². The van der Waals surface area contributed by atoms with Gasteiger partial charge in [-0.15, -0.1) is 11.3 Å². The normalized spacial score (nSPS) is 30.5. The first-order chi connectivity index (χ1) is 21.1. The molecule has 0 bridgehead atoms. The fourth-order valence-corrected chi connectivity index (χ4v) is 8.89. The number of β-amino-alcohol motifs (C(OH)–C–C–N with tert-alkyl or cyclic N) is 1. The van der Waals surface area contributed by atoms with Gasteiger partial charge in [-0.1, -0.05) is 5.16 Å². The Labute approximate surface area is 259 Å². The molecule has 0 saturated carbocycles. The third-order valence-electron chi connectivity index (χ3n) is 9.89. The lowest BCUT2D eigenvalue weighted by Crippen LogP contribution is -2.43. The van der Waals surface area contributed by atoms with Gasteiger partial charge in [0.25, 0.3) is 0 Å². The molecule has 3 aromatic rings. The van der Waals surface area contributed by atoms with Gasteiger partial charge in [0.1, 0.15) is 23.8 Å². The highest BCUT2D eigenvalue weighted by atomic mass is 32.1. The van der Waals surface area contributed by atoms with E-state index < -0.39 is 17.2 Å². The van der Waals surface area contributed by atoms with Gasteiger partial charge in [0.05, 0.1) is 22.1 Å². The van der Waals surface area contributed by atoms with Crippen LogP contribution < -0.4 is 15.4 Å². The topological polar surface area (TPSA) is 163 Å². The van der Waals surface area contributed by atoms with Crippen LogP contribution in [0.1, 0.15) is 87.1 Å². The molecule has 4 aliphatic rings. The molecule has 3 fully saturated rings. The zero-order valence-corrected chi connectivity index (χ0v) is 26.0. The molecule has 14 heteroatoms. The van der Waals surface area contributed by atoms with Crippen LogP contribution in [-0.4, -0.2) is 85.2 Å². The Hall–Kier alpha value is -3.41. The van der Waals surface area contributed by atoms with Crippen LogP contribution in [0.2, 0.25) is 0 Å². The summed E-state index contributed by atoms with van der Waals surface area (Å²) in [7, 11) is 0. The van der Waals surface area contributed by atoms with Crippen molar-refractivity contribution in [2.45, 2.75) is 94.4 Å². The van der Waals surface area contributed by atoms with Gasteiger partial charge in [0.2, 0.25) is 23.5 Å². The van der Waals surface area contributed by atoms with E-state index in [1.165, 1.54) is 11.3 Å². The van der Waals surface area contributed by atoms with Crippen molar-refractivity contribution in [1.82, 2.24) is 30.0 Å². The van der Waals surface area contributed by atoms with Crippen molar-refractivity contribution in [3.05, 3.63) is 21.9 Å². The molecule has 0 radical (unpaired) electrons. The number of nitrogens with zero attached hydrogens (tertiary/aromatic N) is 8. The van der Waals surface area contributed by atoms with Crippen LogP contribution in [0, 0.1) is 11.3 Å². The van der Waals surface area contributed by atoms with Crippen LogP contribution in [0.5, 0.6) is 6.01 Å². The molecular weight excluding hydrogens is 585 g/mol. The van der Waals surface area contributed by atoms with Crippen LogP contribution in [0.3, 0.4) is 0 Å². The van der Waals surface area contributed by atoms with E-state index in [4.69, 9.17) is 25.0 Å². The number of nitriles is 1. The lowest BCUT2D eigenvalue weighted by atomic mass is 9.72. The molecule has 3 aromatic heterocycles. The number of ether oxygens (including phenoxy) is 1. The Balaban J connectivity index is 1.25. The van der Waals surface area contributed by atoms with Crippen molar-refractivity contribution in [1.29, 1.82) is 5.26 Å². The third kappa shape index (κ3) is 5.08.